The summed E-state index contributed by atoms with van der Waals surface area (Å²) < 4.78 is 1.96. The summed E-state index contributed by atoms with van der Waals surface area (Å²) in [6, 6.07) is 2.15. The second kappa shape index (κ2) is 6.35. The summed E-state index contributed by atoms with van der Waals surface area (Å²) >= 11 is 3.24. The highest BCUT2D eigenvalue weighted by Gasteiger charge is 2.25. The highest BCUT2D eigenvalue weighted by molar-refractivity contribution is 9.10. The standard InChI is InChI=1S/C13H12BrN5O5/c1-6-9(18(21)22)4-8(5-10(6)19(23)24)15-13(20)12-11(14)7(2)17(3)16-12/h4-5H,1-3H3,(H,15,20). The molecular formula is C13H12BrN5O5. The van der Waals surface area contributed by atoms with Crippen molar-refractivity contribution in [1.82, 2.24) is 9.78 Å². The van der Waals surface area contributed by atoms with Crippen LogP contribution in [0.1, 0.15) is 21.7 Å². The lowest BCUT2D eigenvalue weighted by Gasteiger charge is -2.06. The fourth-order valence-electron chi connectivity index (χ4n) is 2.05. The van der Waals surface area contributed by atoms with Crippen molar-refractivity contribution in [3.8, 4) is 0 Å². The second-order valence-electron chi connectivity index (χ2n) is 4.98. The third-order valence-corrected chi connectivity index (χ3v) is 4.43. The lowest BCUT2D eigenvalue weighted by atomic mass is 10.1. The van der Waals surface area contributed by atoms with Crippen LogP contribution in [0.3, 0.4) is 0 Å². The number of halogens is 1. The summed E-state index contributed by atoms with van der Waals surface area (Å²) in [5.41, 5.74) is -0.259. The summed E-state index contributed by atoms with van der Waals surface area (Å²) in [6.07, 6.45) is 0. The minimum absolute atomic E-state index is 0.0563. The molecule has 1 heterocycles. The van der Waals surface area contributed by atoms with Gasteiger partial charge in [0.15, 0.2) is 5.69 Å². The topological polar surface area (TPSA) is 133 Å². The molecule has 1 N–H and O–H groups in total. The Hall–Kier alpha value is -2.82. The molecule has 0 bridgehead atoms. The van der Waals surface area contributed by atoms with E-state index in [-0.39, 0.29) is 16.9 Å². The third kappa shape index (κ3) is 3.11. The second-order valence-corrected chi connectivity index (χ2v) is 5.77. The molecule has 0 unspecified atom stereocenters. The fraction of sp³-hybridized carbons (Fsp3) is 0.231. The van der Waals surface area contributed by atoms with Gasteiger partial charge in [-0.25, -0.2) is 0 Å². The van der Waals surface area contributed by atoms with Crippen LogP contribution in [0.5, 0.6) is 0 Å². The summed E-state index contributed by atoms with van der Waals surface area (Å²) in [5, 5.41) is 28.5. The van der Waals surface area contributed by atoms with Crippen molar-refractivity contribution < 1.29 is 14.6 Å². The van der Waals surface area contributed by atoms with Crippen LogP contribution in [0.25, 0.3) is 0 Å². The first-order chi connectivity index (χ1) is 11.1. The number of anilines is 1. The predicted molar refractivity (Wildman–Crippen MR) is 88.1 cm³/mol. The smallest absolute Gasteiger partial charge is 0.281 e. The van der Waals surface area contributed by atoms with E-state index in [1.807, 2.05) is 0 Å². The molecule has 0 aliphatic heterocycles. The number of hydrogen-bond donors (Lipinski definition) is 1. The Morgan fingerprint density at radius 1 is 1.21 bits per heavy atom. The van der Waals surface area contributed by atoms with Crippen LogP contribution < -0.4 is 5.32 Å². The summed E-state index contributed by atoms with van der Waals surface area (Å²) in [4.78, 5) is 32.9. The van der Waals surface area contributed by atoms with Gasteiger partial charge in [0.05, 0.1) is 25.7 Å². The van der Waals surface area contributed by atoms with E-state index in [1.54, 1.807) is 14.0 Å². The molecule has 2 rings (SSSR count). The molecule has 0 saturated heterocycles. The largest absolute Gasteiger partial charge is 0.320 e. The molecule has 0 fully saturated rings. The van der Waals surface area contributed by atoms with Gasteiger partial charge >= 0.3 is 0 Å². The SMILES string of the molecule is Cc1c([N+](=O)[O-])cc(NC(=O)c2nn(C)c(C)c2Br)cc1[N+](=O)[O-]. The first kappa shape index (κ1) is 17.5. The zero-order chi connectivity index (χ0) is 18.2. The van der Waals surface area contributed by atoms with Gasteiger partial charge in [0.2, 0.25) is 0 Å². The molecule has 0 aliphatic carbocycles. The number of benzene rings is 1. The van der Waals surface area contributed by atoms with Gasteiger partial charge in [-0.05, 0) is 29.8 Å². The molecule has 2 aromatic rings. The van der Waals surface area contributed by atoms with Crippen molar-refractivity contribution in [2.75, 3.05) is 5.32 Å². The van der Waals surface area contributed by atoms with Crippen molar-refractivity contribution in [2.45, 2.75) is 13.8 Å². The number of rotatable bonds is 4. The molecule has 126 valence electrons. The van der Waals surface area contributed by atoms with E-state index in [9.17, 15) is 25.0 Å². The van der Waals surface area contributed by atoms with E-state index in [0.29, 0.717) is 10.2 Å². The highest BCUT2D eigenvalue weighted by atomic mass is 79.9. The Kier molecular flexibility index (Phi) is 4.64. The van der Waals surface area contributed by atoms with Gasteiger partial charge in [0, 0.05) is 19.2 Å². The van der Waals surface area contributed by atoms with Crippen LogP contribution in [-0.4, -0.2) is 25.5 Å². The Morgan fingerprint density at radius 3 is 2.08 bits per heavy atom. The van der Waals surface area contributed by atoms with Crippen molar-refractivity contribution >= 4 is 38.9 Å². The maximum Gasteiger partial charge on any atom is 0.281 e. The predicted octanol–water partition coefficient (Wildman–Crippen LogP) is 2.87. The molecule has 0 radical (unpaired) electrons. The van der Waals surface area contributed by atoms with E-state index in [1.165, 1.54) is 11.6 Å². The number of hydrogen-bond acceptors (Lipinski definition) is 6. The molecule has 1 amide bonds. The Balaban J connectivity index is 2.45. The average molecular weight is 398 g/mol. The summed E-state index contributed by atoms with van der Waals surface area (Å²) in [7, 11) is 1.65. The van der Waals surface area contributed by atoms with Crippen LogP contribution in [0.2, 0.25) is 0 Å². The van der Waals surface area contributed by atoms with E-state index >= 15 is 0 Å². The number of nitro benzene ring substituents is 2. The van der Waals surface area contributed by atoms with Gasteiger partial charge in [0.1, 0.15) is 5.56 Å². The quantitative estimate of drug-likeness (QED) is 0.622. The molecule has 0 aliphatic rings. The Morgan fingerprint density at radius 2 is 1.71 bits per heavy atom. The molecule has 10 nitrogen and oxygen atoms in total. The number of nitrogens with zero attached hydrogens (tertiary/aromatic N) is 4. The number of nitro groups is 2. The molecule has 1 aromatic heterocycles. The molecule has 1 aromatic carbocycles. The number of aryl methyl sites for hydroxylation is 1. The van der Waals surface area contributed by atoms with E-state index in [0.717, 1.165) is 12.1 Å². The van der Waals surface area contributed by atoms with Crippen LogP contribution in [0, 0.1) is 34.1 Å². The first-order valence-corrected chi connectivity index (χ1v) is 7.36. The third-order valence-electron chi connectivity index (χ3n) is 3.48. The van der Waals surface area contributed by atoms with E-state index in [2.05, 4.69) is 26.3 Å². The van der Waals surface area contributed by atoms with Crippen molar-refractivity contribution in [1.29, 1.82) is 0 Å². The average Bonchev–Trinajstić information content (AvgIpc) is 2.75. The monoisotopic (exact) mass is 397 g/mol. The molecule has 0 spiro atoms. The van der Waals surface area contributed by atoms with Crippen molar-refractivity contribution in [3.63, 3.8) is 0 Å². The molecular weight excluding hydrogens is 386 g/mol. The Bertz CT molecular complexity index is 841. The van der Waals surface area contributed by atoms with Gasteiger partial charge in [0.25, 0.3) is 17.3 Å². The normalized spacial score (nSPS) is 10.5. The maximum absolute atomic E-state index is 12.3. The minimum Gasteiger partial charge on any atom is -0.320 e. The van der Waals surface area contributed by atoms with Crippen molar-refractivity contribution in [3.05, 3.63) is 53.8 Å². The zero-order valence-electron chi connectivity index (χ0n) is 12.9. The van der Waals surface area contributed by atoms with Crippen LogP contribution in [-0.2, 0) is 7.05 Å². The van der Waals surface area contributed by atoms with Crippen molar-refractivity contribution in [2.24, 2.45) is 7.05 Å². The molecule has 24 heavy (non-hydrogen) atoms. The molecule has 11 heteroatoms. The highest BCUT2D eigenvalue weighted by Crippen LogP contribution is 2.32. The van der Waals surface area contributed by atoms with E-state index < -0.39 is 27.1 Å². The number of carbonyl (C=O) groups is 1. The van der Waals surface area contributed by atoms with Gasteiger partial charge in [-0.1, -0.05) is 0 Å². The maximum atomic E-state index is 12.3. The zero-order valence-corrected chi connectivity index (χ0v) is 14.4. The minimum atomic E-state index is -0.737. The molecule has 0 saturated carbocycles. The van der Waals surface area contributed by atoms with Crippen LogP contribution >= 0.6 is 15.9 Å². The molecule has 0 atom stereocenters. The van der Waals surface area contributed by atoms with Gasteiger partial charge < -0.3 is 5.32 Å². The van der Waals surface area contributed by atoms with Gasteiger partial charge in [-0.15, -0.1) is 0 Å². The lowest BCUT2D eigenvalue weighted by molar-refractivity contribution is -0.395. The number of aromatic nitrogens is 2. The fourth-order valence-corrected chi connectivity index (χ4v) is 2.57. The van der Waals surface area contributed by atoms with Gasteiger partial charge in [-0.3, -0.25) is 29.7 Å². The van der Waals surface area contributed by atoms with Crippen LogP contribution in [0.4, 0.5) is 17.1 Å². The Labute approximate surface area is 143 Å². The lowest BCUT2D eigenvalue weighted by Crippen LogP contribution is -2.14. The number of carbonyl (C=O) groups excluding carboxylic acids is 1. The van der Waals surface area contributed by atoms with Crippen LogP contribution in [0.15, 0.2) is 16.6 Å². The number of amides is 1. The van der Waals surface area contributed by atoms with E-state index in [4.69, 9.17) is 0 Å². The summed E-state index contributed by atoms with van der Waals surface area (Å²) in [5.74, 6) is -0.641. The summed E-state index contributed by atoms with van der Waals surface area (Å²) in [6.45, 7) is 3.02. The van der Waals surface area contributed by atoms with Gasteiger partial charge in [-0.2, -0.15) is 5.10 Å². The number of nitrogens with one attached hydrogen (secondary N) is 1. The first-order valence-electron chi connectivity index (χ1n) is 6.57.